The van der Waals surface area contributed by atoms with Gasteiger partial charge in [0.2, 0.25) is 5.91 Å². The Hall–Kier alpha value is -2.88. The van der Waals surface area contributed by atoms with Crippen LogP contribution in [0.4, 0.5) is 0 Å². The third kappa shape index (κ3) is 2.52. The summed E-state index contributed by atoms with van der Waals surface area (Å²) in [6.07, 6.45) is 0. The number of hydrogen-bond acceptors (Lipinski definition) is 2. The second-order valence-corrected chi connectivity index (χ2v) is 5.31. The molecular formula is C19H18N2O2. The van der Waals surface area contributed by atoms with E-state index in [1.165, 1.54) is 11.5 Å². The summed E-state index contributed by atoms with van der Waals surface area (Å²) in [6, 6.07) is 19.3. The lowest BCUT2D eigenvalue weighted by Crippen LogP contribution is -2.27. The van der Waals surface area contributed by atoms with Gasteiger partial charge in [0.15, 0.2) is 0 Å². The van der Waals surface area contributed by atoms with Gasteiger partial charge in [-0.15, -0.1) is 0 Å². The first-order chi connectivity index (χ1) is 11.1. The van der Waals surface area contributed by atoms with E-state index in [1.54, 1.807) is 4.57 Å². The summed E-state index contributed by atoms with van der Waals surface area (Å²) < 4.78 is 2.92. The number of aromatic nitrogens is 2. The zero-order valence-electron chi connectivity index (χ0n) is 13.2. The molecular weight excluding hydrogens is 288 g/mol. The fourth-order valence-corrected chi connectivity index (χ4v) is 2.88. The molecule has 3 rings (SSSR count). The van der Waals surface area contributed by atoms with E-state index in [1.807, 2.05) is 67.6 Å². The van der Waals surface area contributed by atoms with E-state index >= 15 is 0 Å². The molecule has 4 heteroatoms. The normalized spacial score (nSPS) is 10.7. The quantitative estimate of drug-likeness (QED) is 0.741. The molecule has 0 saturated heterocycles. The van der Waals surface area contributed by atoms with Crippen molar-refractivity contribution < 1.29 is 4.79 Å². The van der Waals surface area contributed by atoms with Crippen molar-refractivity contribution >= 4 is 5.91 Å². The van der Waals surface area contributed by atoms with Crippen LogP contribution < -0.4 is 5.69 Å². The van der Waals surface area contributed by atoms with Gasteiger partial charge in [0.1, 0.15) is 0 Å². The Morgan fingerprint density at radius 1 is 0.870 bits per heavy atom. The van der Waals surface area contributed by atoms with Gasteiger partial charge in [-0.1, -0.05) is 60.7 Å². The van der Waals surface area contributed by atoms with Crippen molar-refractivity contribution in [3.63, 3.8) is 0 Å². The fraction of sp³-hybridized carbons (Fsp3) is 0.158. The minimum absolute atomic E-state index is 0.279. The Balaban J connectivity index is 2.45. The third-order valence-corrected chi connectivity index (χ3v) is 3.87. The molecule has 0 spiro atoms. The van der Waals surface area contributed by atoms with Crippen molar-refractivity contribution in [3.05, 3.63) is 71.1 Å². The van der Waals surface area contributed by atoms with Crippen molar-refractivity contribution in [2.75, 3.05) is 0 Å². The Labute approximate surface area is 134 Å². The van der Waals surface area contributed by atoms with E-state index in [9.17, 15) is 9.59 Å². The van der Waals surface area contributed by atoms with Gasteiger partial charge in [0, 0.05) is 24.6 Å². The van der Waals surface area contributed by atoms with Crippen LogP contribution in [0.15, 0.2) is 65.5 Å². The monoisotopic (exact) mass is 306 g/mol. The highest BCUT2D eigenvalue weighted by Crippen LogP contribution is 2.31. The maximum Gasteiger partial charge on any atom is 0.335 e. The van der Waals surface area contributed by atoms with E-state index in [0.29, 0.717) is 12.2 Å². The van der Waals surface area contributed by atoms with Crippen molar-refractivity contribution in [3.8, 4) is 22.5 Å². The Morgan fingerprint density at radius 2 is 1.35 bits per heavy atom. The Kier molecular flexibility index (Phi) is 3.98. The maximum absolute atomic E-state index is 12.7. The summed E-state index contributed by atoms with van der Waals surface area (Å²) in [5, 5.41) is 0. The number of hydrogen-bond donors (Lipinski definition) is 0. The molecule has 3 aromatic rings. The lowest BCUT2D eigenvalue weighted by Gasteiger charge is -2.09. The van der Waals surface area contributed by atoms with Crippen LogP contribution in [0.2, 0.25) is 0 Å². The molecule has 23 heavy (non-hydrogen) atoms. The number of imidazole rings is 1. The second kappa shape index (κ2) is 6.08. The first-order valence-electron chi connectivity index (χ1n) is 7.62. The van der Waals surface area contributed by atoms with Crippen LogP contribution in [0, 0.1) is 0 Å². The van der Waals surface area contributed by atoms with Crippen LogP contribution in [-0.4, -0.2) is 15.0 Å². The van der Waals surface area contributed by atoms with Crippen LogP contribution in [0.25, 0.3) is 22.5 Å². The third-order valence-electron chi connectivity index (χ3n) is 3.87. The lowest BCUT2D eigenvalue weighted by molar-refractivity contribution is 0.0933. The average molecular weight is 306 g/mol. The topological polar surface area (TPSA) is 44.0 Å². The van der Waals surface area contributed by atoms with Gasteiger partial charge < -0.3 is 0 Å². The van der Waals surface area contributed by atoms with Crippen molar-refractivity contribution in [2.24, 2.45) is 0 Å². The minimum Gasteiger partial charge on any atom is -0.291 e. The second-order valence-electron chi connectivity index (χ2n) is 5.31. The van der Waals surface area contributed by atoms with Crippen LogP contribution in [0.5, 0.6) is 0 Å². The van der Waals surface area contributed by atoms with Crippen LogP contribution in [0.3, 0.4) is 0 Å². The van der Waals surface area contributed by atoms with Gasteiger partial charge in [-0.3, -0.25) is 9.36 Å². The summed E-state index contributed by atoms with van der Waals surface area (Å²) >= 11 is 0. The molecule has 4 nitrogen and oxygen atoms in total. The van der Waals surface area contributed by atoms with E-state index in [0.717, 1.165) is 16.8 Å². The van der Waals surface area contributed by atoms with Gasteiger partial charge in [-0.25, -0.2) is 9.36 Å². The standard InChI is InChI=1S/C19H18N2O2/c1-3-20-17(15-10-6-4-7-11-15)18(16-12-8-5-9-13-16)21(14(2)22)19(20)23/h4-13H,3H2,1-2H3. The average Bonchev–Trinajstić information content (AvgIpc) is 2.89. The Morgan fingerprint density at radius 3 is 1.78 bits per heavy atom. The van der Waals surface area contributed by atoms with Gasteiger partial charge in [-0.2, -0.15) is 0 Å². The van der Waals surface area contributed by atoms with Crippen LogP contribution in [0.1, 0.15) is 18.6 Å². The highest BCUT2D eigenvalue weighted by molar-refractivity contribution is 5.88. The largest absolute Gasteiger partial charge is 0.335 e. The molecule has 0 atom stereocenters. The van der Waals surface area contributed by atoms with Gasteiger partial charge in [0.25, 0.3) is 0 Å². The molecule has 0 fully saturated rings. The molecule has 0 bridgehead atoms. The minimum atomic E-state index is -0.294. The molecule has 0 aliphatic rings. The van der Waals surface area contributed by atoms with E-state index in [2.05, 4.69) is 0 Å². The van der Waals surface area contributed by atoms with Gasteiger partial charge in [-0.05, 0) is 6.92 Å². The fourth-order valence-electron chi connectivity index (χ4n) is 2.88. The van der Waals surface area contributed by atoms with Crippen molar-refractivity contribution in [1.29, 1.82) is 0 Å². The molecule has 0 aliphatic carbocycles. The molecule has 0 unspecified atom stereocenters. The molecule has 2 aromatic carbocycles. The zero-order chi connectivity index (χ0) is 16.4. The first-order valence-corrected chi connectivity index (χ1v) is 7.62. The highest BCUT2D eigenvalue weighted by atomic mass is 16.2. The molecule has 0 aliphatic heterocycles. The molecule has 0 saturated carbocycles. The lowest BCUT2D eigenvalue weighted by atomic mass is 10.0. The number of carbonyl (C=O) groups is 1. The van der Waals surface area contributed by atoms with E-state index in [4.69, 9.17) is 0 Å². The maximum atomic E-state index is 12.7. The zero-order valence-corrected chi connectivity index (χ0v) is 13.2. The van der Waals surface area contributed by atoms with Crippen molar-refractivity contribution in [1.82, 2.24) is 9.13 Å². The molecule has 116 valence electrons. The molecule has 1 heterocycles. The van der Waals surface area contributed by atoms with Crippen LogP contribution in [-0.2, 0) is 6.54 Å². The number of rotatable bonds is 3. The smallest absolute Gasteiger partial charge is 0.291 e. The molecule has 1 aromatic heterocycles. The molecule has 0 N–H and O–H groups in total. The summed E-state index contributed by atoms with van der Waals surface area (Å²) in [7, 11) is 0. The molecule has 0 amide bonds. The van der Waals surface area contributed by atoms with Crippen LogP contribution >= 0.6 is 0 Å². The first kappa shape index (κ1) is 15.0. The van der Waals surface area contributed by atoms with E-state index < -0.39 is 0 Å². The number of carbonyl (C=O) groups excluding carboxylic acids is 1. The summed E-state index contributed by atoms with van der Waals surface area (Å²) in [6.45, 7) is 3.83. The number of benzene rings is 2. The van der Waals surface area contributed by atoms with Crippen molar-refractivity contribution in [2.45, 2.75) is 20.4 Å². The molecule has 0 radical (unpaired) electrons. The summed E-state index contributed by atoms with van der Waals surface area (Å²) in [4.78, 5) is 24.9. The summed E-state index contributed by atoms with van der Waals surface area (Å²) in [5.74, 6) is -0.279. The number of nitrogens with zero attached hydrogens (tertiary/aromatic N) is 2. The predicted octanol–water partition coefficient (Wildman–Crippen LogP) is 3.66. The highest BCUT2D eigenvalue weighted by Gasteiger charge is 2.23. The summed E-state index contributed by atoms with van der Waals surface area (Å²) in [5.41, 5.74) is 2.91. The SMILES string of the molecule is CCn1c(-c2ccccc2)c(-c2ccccc2)n(C(C)=O)c1=O. The van der Waals surface area contributed by atoms with Gasteiger partial charge >= 0.3 is 5.69 Å². The predicted molar refractivity (Wildman–Crippen MR) is 91.5 cm³/mol. The van der Waals surface area contributed by atoms with Gasteiger partial charge in [0.05, 0.1) is 11.4 Å². The Bertz CT molecular complexity index is 890. The van der Waals surface area contributed by atoms with E-state index in [-0.39, 0.29) is 11.6 Å².